The zero-order valence-corrected chi connectivity index (χ0v) is 9.28. The van der Waals surface area contributed by atoms with Gasteiger partial charge in [0.25, 0.3) is 0 Å². The monoisotopic (exact) mass is 210 g/mol. The van der Waals surface area contributed by atoms with Crippen LogP contribution in [0, 0.1) is 17.8 Å². The number of thioether (sulfide) groups is 1. The van der Waals surface area contributed by atoms with Crippen LogP contribution in [0.2, 0.25) is 0 Å². The lowest BCUT2D eigenvalue weighted by Crippen LogP contribution is -1.98. The van der Waals surface area contributed by atoms with Gasteiger partial charge in [0.1, 0.15) is 0 Å². The molecule has 0 fully saturated rings. The van der Waals surface area contributed by atoms with E-state index in [1.54, 1.807) is 0 Å². The van der Waals surface area contributed by atoms with E-state index >= 15 is 0 Å². The molecule has 1 N–H and O–H groups in total. The maximum Gasteiger partial charge on any atom is 0.313 e. The molecule has 0 saturated carbocycles. The van der Waals surface area contributed by atoms with Crippen LogP contribution in [0.4, 0.5) is 0 Å². The van der Waals surface area contributed by atoms with Gasteiger partial charge in [-0.2, -0.15) is 0 Å². The summed E-state index contributed by atoms with van der Waals surface area (Å²) in [6, 6.07) is 0. The van der Waals surface area contributed by atoms with E-state index in [9.17, 15) is 4.79 Å². The van der Waals surface area contributed by atoms with E-state index in [4.69, 9.17) is 5.11 Å². The van der Waals surface area contributed by atoms with Gasteiger partial charge in [-0.1, -0.05) is 12.8 Å². The van der Waals surface area contributed by atoms with E-state index in [0.717, 1.165) is 18.4 Å². The first kappa shape index (κ1) is 11.2. The number of allylic oxidation sites excluding steroid dienone is 2. The number of rotatable bonds is 3. The van der Waals surface area contributed by atoms with E-state index in [1.807, 2.05) is 6.92 Å². The largest absolute Gasteiger partial charge is 0.481 e. The first-order chi connectivity index (χ1) is 6.63. The molecule has 0 spiro atoms. The van der Waals surface area contributed by atoms with Crippen molar-refractivity contribution in [1.29, 1.82) is 0 Å². The van der Waals surface area contributed by atoms with Crippen LogP contribution in [0.25, 0.3) is 0 Å². The van der Waals surface area contributed by atoms with Crippen molar-refractivity contribution in [3.8, 4) is 11.8 Å². The fourth-order valence-electron chi connectivity index (χ4n) is 1.54. The molecule has 0 bridgehead atoms. The molecule has 1 aliphatic rings. The summed E-state index contributed by atoms with van der Waals surface area (Å²) in [5.74, 6) is 5.95. The van der Waals surface area contributed by atoms with Gasteiger partial charge in [0.05, 0.1) is 5.75 Å². The number of carbonyl (C=O) groups is 1. The van der Waals surface area contributed by atoms with Gasteiger partial charge in [0.15, 0.2) is 0 Å². The molecule has 0 aromatic heterocycles. The number of hydrogen-bond donors (Lipinski definition) is 1. The van der Waals surface area contributed by atoms with Gasteiger partial charge in [0, 0.05) is 5.57 Å². The van der Waals surface area contributed by atoms with Crippen molar-refractivity contribution in [2.45, 2.75) is 26.7 Å². The van der Waals surface area contributed by atoms with Crippen LogP contribution in [0.3, 0.4) is 0 Å². The second kappa shape index (κ2) is 5.11. The summed E-state index contributed by atoms with van der Waals surface area (Å²) in [7, 11) is 0. The summed E-state index contributed by atoms with van der Waals surface area (Å²) in [5.41, 5.74) is 1.14. The van der Waals surface area contributed by atoms with Crippen LogP contribution >= 0.6 is 11.8 Å². The SMILES string of the molecule is CC#CC1=C(SCC(=O)O)CC(C)C1. The summed E-state index contributed by atoms with van der Waals surface area (Å²) in [5, 5.41) is 8.58. The smallest absolute Gasteiger partial charge is 0.313 e. The van der Waals surface area contributed by atoms with Gasteiger partial charge in [-0.25, -0.2) is 0 Å². The standard InChI is InChI=1S/C11H14O2S/c1-3-4-9-5-8(2)6-10(9)14-7-11(12)13/h8H,5-7H2,1-2H3,(H,12,13). The third kappa shape index (κ3) is 3.12. The first-order valence-corrected chi connectivity index (χ1v) is 5.61. The van der Waals surface area contributed by atoms with Crippen LogP contribution in [-0.4, -0.2) is 16.8 Å². The zero-order valence-electron chi connectivity index (χ0n) is 8.46. The summed E-state index contributed by atoms with van der Waals surface area (Å²) < 4.78 is 0. The molecule has 1 aliphatic carbocycles. The van der Waals surface area contributed by atoms with Gasteiger partial charge < -0.3 is 5.11 Å². The third-order valence-corrected chi connectivity index (χ3v) is 3.22. The van der Waals surface area contributed by atoms with E-state index in [1.165, 1.54) is 16.7 Å². The molecule has 0 heterocycles. The topological polar surface area (TPSA) is 37.3 Å². The molecule has 0 aromatic carbocycles. The molecule has 1 atom stereocenters. The highest BCUT2D eigenvalue weighted by Crippen LogP contribution is 2.37. The molecule has 1 rings (SSSR count). The maximum absolute atomic E-state index is 10.4. The average molecular weight is 210 g/mol. The Kier molecular flexibility index (Phi) is 4.09. The Hall–Kier alpha value is -0.880. The molecular weight excluding hydrogens is 196 g/mol. The highest BCUT2D eigenvalue weighted by Gasteiger charge is 2.20. The summed E-state index contributed by atoms with van der Waals surface area (Å²) >= 11 is 1.42. The average Bonchev–Trinajstić information content (AvgIpc) is 2.44. The number of carboxylic acids is 1. The Balaban J connectivity index is 2.65. The summed E-state index contributed by atoms with van der Waals surface area (Å²) in [6.07, 6.45) is 1.99. The van der Waals surface area contributed by atoms with Crippen LogP contribution in [-0.2, 0) is 4.79 Å². The van der Waals surface area contributed by atoms with E-state index in [0.29, 0.717) is 5.92 Å². The van der Waals surface area contributed by atoms with E-state index < -0.39 is 5.97 Å². The molecule has 0 aromatic rings. The predicted molar refractivity (Wildman–Crippen MR) is 59.0 cm³/mol. The van der Waals surface area contributed by atoms with Crippen molar-refractivity contribution in [2.24, 2.45) is 5.92 Å². The second-order valence-electron chi connectivity index (χ2n) is 3.47. The lowest BCUT2D eigenvalue weighted by molar-refractivity contribution is -0.133. The van der Waals surface area contributed by atoms with Crippen LogP contribution in [0.1, 0.15) is 26.7 Å². The van der Waals surface area contributed by atoms with Crippen molar-refractivity contribution < 1.29 is 9.90 Å². The zero-order chi connectivity index (χ0) is 10.6. The fourth-order valence-corrected chi connectivity index (χ4v) is 2.55. The first-order valence-electron chi connectivity index (χ1n) is 4.63. The van der Waals surface area contributed by atoms with Gasteiger partial charge in [-0.05, 0) is 30.6 Å². The molecule has 2 nitrogen and oxygen atoms in total. The Bertz CT molecular complexity index is 320. The van der Waals surface area contributed by atoms with Crippen molar-refractivity contribution in [2.75, 3.05) is 5.75 Å². The molecule has 0 radical (unpaired) electrons. The Morgan fingerprint density at radius 2 is 2.36 bits per heavy atom. The molecule has 14 heavy (non-hydrogen) atoms. The minimum atomic E-state index is -0.758. The van der Waals surface area contributed by atoms with Crippen molar-refractivity contribution in [3.05, 3.63) is 10.5 Å². The highest BCUT2D eigenvalue weighted by atomic mass is 32.2. The summed E-state index contributed by atoms with van der Waals surface area (Å²) in [6.45, 7) is 3.99. The molecule has 0 aliphatic heterocycles. The highest BCUT2D eigenvalue weighted by molar-refractivity contribution is 8.03. The Labute approximate surface area is 88.8 Å². The van der Waals surface area contributed by atoms with Gasteiger partial charge in [-0.3, -0.25) is 4.79 Å². The quantitative estimate of drug-likeness (QED) is 0.727. The van der Waals surface area contributed by atoms with Crippen LogP contribution < -0.4 is 0 Å². The Morgan fingerprint density at radius 1 is 1.64 bits per heavy atom. The molecule has 76 valence electrons. The summed E-state index contributed by atoms with van der Waals surface area (Å²) in [4.78, 5) is 11.6. The van der Waals surface area contributed by atoms with Crippen molar-refractivity contribution in [1.82, 2.24) is 0 Å². The van der Waals surface area contributed by atoms with Gasteiger partial charge in [-0.15, -0.1) is 17.7 Å². The van der Waals surface area contributed by atoms with Crippen LogP contribution in [0.15, 0.2) is 10.5 Å². The van der Waals surface area contributed by atoms with Crippen molar-refractivity contribution in [3.63, 3.8) is 0 Å². The fraction of sp³-hybridized carbons (Fsp3) is 0.545. The molecule has 1 unspecified atom stereocenters. The minimum Gasteiger partial charge on any atom is -0.481 e. The van der Waals surface area contributed by atoms with Gasteiger partial charge in [0.2, 0.25) is 0 Å². The molecule has 3 heteroatoms. The van der Waals surface area contributed by atoms with Gasteiger partial charge >= 0.3 is 5.97 Å². The number of carboxylic acid groups (broad SMARTS) is 1. The van der Waals surface area contributed by atoms with E-state index in [-0.39, 0.29) is 5.75 Å². The number of aliphatic carboxylic acids is 1. The Morgan fingerprint density at radius 3 is 2.93 bits per heavy atom. The number of hydrogen-bond acceptors (Lipinski definition) is 2. The van der Waals surface area contributed by atoms with E-state index in [2.05, 4.69) is 18.8 Å². The lowest BCUT2D eigenvalue weighted by Gasteiger charge is -2.00. The maximum atomic E-state index is 10.4. The lowest BCUT2D eigenvalue weighted by atomic mass is 10.1. The third-order valence-electron chi connectivity index (χ3n) is 2.07. The molecule has 0 saturated heterocycles. The molecule has 0 amide bonds. The van der Waals surface area contributed by atoms with Crippen molar-refractivity contribution >= 4 is 17.7 Å². The second-order valence-corrected chi connectivity index (χ2v) is 4.54. The normalized spacial score (nSPS) is 20.6. The predicted octanol–water partition coefficient (Wildman–Crippen LogP) is 2.51. The minimum absolute atomic E-state index is 0.150. The molecular formula is C11H14O2S. The van der Waals surface area contributed by atoms with Crippen LogP contribution in [0.5, 0.6) is 0 Å².